The molecule has 130 valence electrons. The number of aromatic nitrogens is 1. The van der Waals surface area contributed by atoms with E-state index in [1.807, 2.05) is 0 Å². The largest absolute Gasteiger partial charge is 0.458 e. The van der Waals surface area contributed by atoms with Crippen LogP contribution in [0.4, 0.5) is 5.13 Å². The third kappa shape index (κ3) is 4.86. The summed E-state index contributed by atoms with van der Waals surface area (Å²) in [5.41, 5.74) is 6.01. The molecule has 1 aliphatic rings. The first kappa shape index (κ1) is 18.6. The van der Waals surface area contributed by atoms with Gasteiger partial charge in [-0.15, -0.1) is 11.3 Å². The molecule has 3 N–H and O–H groups in total. The second-order valence-corrected chi connectivity index (χ2v) is 6.60. The molecule has 1 fully saturated rings. The summed E-state index contributed by atoms with van der Waals surface area (Å²) in [6, 6.07) is 0. The van der Waals surface area contributed by atoms with Gasteiger partial charge in [-0.2, -0.15) is 0 Å². The highest BCUT2D eigenvalue weighted by atomic mass is 32.1. The molecule has 0 radical (unpaired) electrons. The monoisotopic (exact) mass is 353 g/mol. The zero-order chi connectivity index (χ0) is 17.7. The van der Waals surface area contributed by atoms with Gasteiger partial charge >= 0.3 is 7.12 Å². The van der Waals surface area contributed by atoms with E-state index >= 15 is 0 Å². The average molecular weight is 353 g/mol. The lowest BCUT2D eigenvalue weighted by Crippen LogP contribution is -2.38. The van der Waals surface area contributed by atoms with Gasteiger partial charge < -0.3 is 20.2 Å². The summed E-state index contributed by atoms with van der Waals surface area (Å²) < 4.78 is 5.44. The zero-order valence-corrected chi connectivity index (χ0v) is 14.4. The number of hydrogen-bond acceptors (Lipinski definition) is 9. The van der Waals surface area contributed by atoms with Crippen molar-refractivity contribution in [1.82, 2.24) is 4.98 Å². The summed E-state index contributed by atoms with van der Waals surface area (Å²) in [6.45, 7) is 1.48. The van der Waals surface area contributed by atoms with E-state index in [-0.39, 0.29) is 42.0 Å². The molecule has 0 aliphatic carbocycles. The molecule has 10 heteroatoms. The predicted molar refractivity (Wildman–Crippen MR) is 90.8 cm³/mol. The van der Waals surface area contributed by atoms with Crippen LogP contribution in [0.2, 0.25) is 5.82 Å². The smallest absolute Gasteiger partial charge is 0.427 e. The van der Waals surface area contributed by atoms with Gasteiger partial charge in [0.15, 0.2) is 16.6 Å². The molecule has 2 atom stereocenters. The number of nitrogen functional groups attached to an aromatic ring is 1. The van der Waals surface area contributed by atoms with Gasteiger partial charge in [-0.25, -0.2) is 4.98 Å². The lowest BCUT2D eigenvalue weighted by atomic mass is 9.64. The van der Waals surface area contributed by atoms with Crippen molar-refractivity contribution in [3.05, 3.63) is 11.1 Å². The lowest BCUT2D eigenvalue weighted by molar-refractivity contribution is -0.119. The highest BCUT2D eigenvalue weighted by molar-refractivity contribution is 7.13. The summed E-state index contributed by atoms with van der Waals surface area (Å²) in [7, 11) is 0.254. The van der Waals surface area contributed by atoms with Crippen LogP contribution in [0.1, 0.15) is 38.3 Å². The molecule has 1 aliphatic heterocycles. The Kier molecular flexibility index (Phi) is 6.47. The van der Waals surface area contributed by atoms with Crippen LogP contribution < -0.4 is 5.73 Å². The Morgan fingerprint density at radius 2 is 2.29 bits per heavy atom. The molecule has 2 heterocycles. The highest BCUT2D eigenvalue weighted by Crippen LogP contribution is 2.31. The molecule has 0 amide bonds. The fraction of sp³-hybridized carbons (Fsp3) is 0.571. The summed E-state index contributed by atoms with van der Waals surface area (Å²) in [4.78, 5) is 32.4. The Morgan fingerprint density at radius 1 is 1.54 bits per heavy atom. The molecule has 0 bridgehead atoms. The summed E-state index contributed by atoms with van der Waals surface area (Å²) in [6.07, 6.45) is 1.23. The summed E-state index contributed by atoms with van der Waals surface area (Å²) >= 11 is 1.20. The van der Waals surface area contributed by atoms with Gasteiger partial charge in [0, 0.05) is 30.1 Å². The van der Waals surface area contributed by atoms with E-state index in [4.69, 9.17) is 15.2 Å². The van der Waals surface area contributed by atoms with Crippen molar-refractivity contribution in [1.29, 1.82) is 0 Å². The van der Waals surface area contributed by atoms with E-state index in [1.54, 1.807) is 5.38 Å². The van der Waals surface area contributed by atoms with Crippen molar-refractivity contribution in [3.63, 3.8) is 0 Å². The zero-order valence-electron chi connectivity index (χ0n) is 13.6. The first-order valence-corrected chi connectivity index (χ1v) is 8.47. The van der Waals surface area contributed by atoms with Gasteiger partial charge in [0.1, 0.15) is 18.6 Å². The van der Waals surface area contributed by atoms with Crippen molar-refractivity contribution in [2.45, 2.75) is 44.5 Å². The minimum atomic E-state index is -1.09. The molecule has 1 aromatic heterocycles. The van der Waals surface area contributed by atoms with Crippen LogP contribution in [-0.2, 0) is 19.1 Å². The number of rotatable bonds is 7. The summed E-state index contributed by atoms with van der Waals surface area (Å²) in [5, 5.41) is 15.8. The lowest BCUT2D eigenvalue weighted by Gasteiger charge is -2.30. The second-order valence-electron chi connectivity index (χ2n) is 5.71. The molecule has 0 unspecified atom stereocenters. The Bertz CT molecular complexity index is 636. The van der Waals surface area contributed by atoms with Crippen molar-refractivity contribution in [2.75, 3.05) is 12.8 Å². The minimum Gasteiger partial charge on any atom is -0.427 e. The Hall–Kier alpha value is -1.78. The van der Waals surface area contributed by atoms with E-state index in [9.17, 15) is 14.6 Å². The van der Waals surface area contributed by atoms with Crippen LogP contribution in [0.5, 0.6) is 0 Å². The quantitative estimate of drug-likeness (QED) is 0.426. The molecule has 0 spiro atoms. The highest BCUT2D eigenvalue weighted by Gasteiger charge is 2.37. The molecular weight excluding hydrogens is 333 g/mol. The van der Waals surface area contributed by atoms with E-state index in [2.05, 4.69) is 10.1 Å². The molecule has 8 nitrogen and oxygen atoms in total. The number of oxime groups is 1. The molecule has 0 saturated carbocycles. The minimum absolute atomic E-state index is 0.0114. The summed E-state index contributed by atoms with van der Waals surface area (Å²) in [5.74, 6) is -0.657. The van der Waals surface area contributed by atoms with Crippen LogP contribution >= 0.6 is 11.3 Å². The standard InChI is InChI=1S/C14H20BN3O5S/c1-8(19)5-10-4-3-9(15(21)23-10)6-12(20)13(18-22-2)11-7-24-14(16)17-11/h7,9-10,21H,3-6H2,1-2H3,(H2,16,17)/b18-13-/t9-,10+/m1/s1. The second kappa shape index (κ2) is 8.36. The maximum Gasteiger partial charge on any atom is 0.458 e. The topological polar surface area (TPSA) is 124 Å². The Morgan fingerprint density at radius 3 is 2.83 bits per heavy atom. The van der Waals surface area contributed by atoms with Crippen LogP contribution in [0.25, 0.3) is 0 Å². The number of hydrogen-bond donors (Lipinski definition) is 2. The van der Waals surface area contributed by atoms with Crippen molar-refractivity contribution >= 4 is 40.9 Å². The van der Waals surface area contributed by atoms with E-state index in [0.29, 0.717) is 23.7 Å². The van der Waals surface area contributed by atoms with Gasteiger partial charge in [-0.3, -0.25) is 9.59 Å². The molecule has 1 aromatic rings. The van der Waals surface area contributed by atoms with Crippen LogP contribution in [0, 0.1) is 0 Å². The van der Waals surface area contributed by atoms with Gasteiger partial charge in [-0.1, -0.05) is 5.16 Å². The third-order valence-electron chi connectivity index (χ3n) is 3.77. The fourth-order valence-electron chi connectivity index (χ4n) is 2.66. The van der Waals surface area contributed by atoms with Crippen LogP contribution in [0.3, 0.4) is 0 Å². The van der Waals surface area contributed by atoms with Crippen LogP contribution in [0.15, 0.2) is 10.5 Å². The van der Waals surface area contributed by atoms with Crippen molar-refractivity contribution in [2.24, 2.45) is 5.16 Å². The first-order chi connectivity index (χ1) is 11.4. The number of Topliss-reactive ketones (excluding diaryl/α,β-unsaturated/α-hetero) is 2. The third-order valence-corrected chi connectivity index (χ3v) is 4.44. The molecular formula is C14H20BN3O5S. The first-order valence-electron chi connectivity index (χ1n) is 7.59. The number of ketones is 2. The van der Waals surface area contributed by atoms with E-state index < -0.39 is 7.12 Å². The molecule has 0 aromatic carbocycles. The van der Waals surface area contributed by atoms with Gasteiger partial charge in [0.25, 0.3) is 0 Å². The maximum absolute atomic E-state index is 12.5. The van der Waals surface area contributed by atoms with E-state index in [1.165, 1.54) is 25.4 Å². The molecule has 24 heavy (non-hydrogen) atoms. The number of nitrogens with zero attached hydrogens (tertiary/aromatic N) is 2. The molecule has 1 saturated heterocycles. The predicted octanol–water partition coefficient (Wildman–Crippen LogP) is 1.04. The number of carbonyl (C=O) groups is 2. The van der Waals surface area contributed by atoms with Gasteiger partial charge in [0.2, 0.25) is 0 Å². The van der Waals surface area contributed by atoms with Gasteiger partial charge in [-0.05, 0) is 19.8 Å². The number of nitrogens with two attached hydrogens (primary N) is 1. The van der Waals surface area contributed by atoms with Crippen LogP contribution in [-0.4, -0.2) is 47.6 Å². The van der Waals surface area contributed by atoms with Gasteiger partial charge in [0.05, 0.1) is 0 Å². The number of anilines is 1. The number of carbonyl (C=O) groups excluding carboxylic acids is 2. The van der Waals surface area contributed by atoms with E-state index in [0.717, 1.165) is 0 Å². The SMILES string of the molecule is CO/N=C(\C(=O)C[C@H]1CC[C@@H](CC(C)=O)OB1O)c1csc(N)n1. The van der Waals surface area contributed by atoms with Crippen molar-refractivity contribution < 1.29 is 24.1 Å². The van der Waals surface area contributed by atoms with Crippen molar-refractivity contribution in [3.8, 4) is 0 Å². The number of thiazole rings is 1. The Labute approximate surface area is 144 Å². The molecule has 2 rings (SSSR count). The maximum atomic E-state index is 12.5. The normalized spacial score (nSPS) is 21.6. The Balaban J connectivity index is 2.00. The average Bonchev–Trinajstić information content (AvgIpc) is 2.93. The fourth-order valence-corrected chi connectivity index (χ4v) is 3.20.